The number of hydrogen-bond acceptors (Lipinski definition) is 0. The van der Waals surface area contributed by atoms with Gasteiger partial charge in [-0.05, 0) is 121 Å². The molecule has 0 aliphatic carbocycles. The van der Waals surface area contributed by atoms with Gasteiger partial charge < -0.3 is 0 Å². The van der Waals surface area contributed by atoms with Crippen LogP contribution in [0.25, 0.3) is 109 Å². The highest BCUT2D eigenvalue weighted by Gasteiger charge is 2.17. The highest BCUT2D eigenvalue weighted by Crippen LogP contribution is 2.44. The Bertz CT molecular complexity index is 4730. The van der Waals surface area contributed by atoms with Crippen LogP contribution in [0.15, 0.2) is 181 Å². The summed E-state index contributed by atoms with van der Waals surface area (Å²) in [7, 11) is 0. The van der Waals surface area contributed by atoms with Gasteiger partial charge in [-0.2, -0.15) is 0 Å². The first-order valence-corrected chi connectivity index (χ1v) is 15.0. The molecule has 0 bridgehead atoms. The molecule has 0 fully saturated rings. The van der Waals surface area contributed by atoms with E-state index < -0.39 is 274 Å². The minimum Gasteiger partial charge on any atom is -0.0622 e. The van der Waals surface area contributed by atoms with Crippen molar-refractivity contribution in [3.63, 3.8) is 0 Å². The average molecular weight is 661 g/mol. The van der Waals surface area contributed by atoms with Crippen LogP contribution < -0.4 is 0 Å². The molecule has 0 radical (unpaired) electrons. The first-order valence-electron chi connectivity index (χ1n) is 30.0. The fraction of sp³-hybridized carbons (Fsp3) is 0. The molecule has 0 heteroatoms. The Balaban J connectivity index is 1.37. The average Bonchev–Trinajstić information content (AvgIpc) is 2.47. The third-order valence-corrected chi connectivity index (χ3v) is 8.56. The van der Waals surface area contributed by atoms with Gasteiger partial charge in [0.05, 0.1) is 41.1 Å². The molecule has 0 atom stereocenters. The van der Waals surface area contributed by atoms with Gasteiger partial charge in [-0.3, -0.25) is 0 Å². The zero-order valence-electron chi connectivity index (χ0n) is 55.0. The van der Waals surface area contributed by atoms with Crippen molar-refractivity contribution in [2.24, 2.45) is 0 Å². The van der Waals surface area contributed by atoms with Crippen molar-refractivity contribution in [1.82, 2.24) is 0 Å². The summed E-state index contributed by atoms with van der Waals surface area (Å²) in [4.78, 5) is 0. The minimum absolute atomic E-state index is 0.316. The molecular weight excluding hydrogens is 601 g/mol. The predicted octanol–water partition coefficient (Wildman–Crippen LogP) is 14.1. The van der Waals surface area contributed by atoms with Crippen molar-refractivity contribution in [3.05, 3.63) is 181 Å². The van der Waals surface area contributed by atoms with Crippen molar-refractivity contribution < 1.29 is 41.1 Å². The summed E-state index contributed by atoms with van der Waals surface area (Å²) < 4.78 is 274. The van der Waals surface area contributed by atoms with Crippen LogP contribution in [0.4, 0.5) is 0 Å². The molecule has 11 aromatic carbocycles. The summed E-state index contributed by atoms with van der Waals surface area (Å²) >= 11 is 0. The molecule has 0 saturated carbocycles. The second-order valence-corrected chi connectivity index (χ2v) is 11.2. The van der Waals surface area contributed by atoms with E-state index in [0.29, 0.717) is 0 Å². The fourth-order valence-electron chi connectivity index (χ4n) is 6.38. The smallest absolute Gasteiger partial charge is 0.0622 e. The normalized spacial score (nSPS) is 20.4. The molecule has 0 spiro atoms. The van der Waals surface area contributed by atoms with E-state index in [2.05, 4.69) is 0 Å². The molecule has 0 unspecified atom stereocenters. The van der Waals surface area contributed by atoms with E-state index in [1.165, 1.54) is 0 Å². The van der Waals surface area contributed by atoms with E-state index >= 15 is 0 Å². The summed E-state index contributed by atoms with van der Waals surface area (Å²) in [5.74, 6) is 0. The van der Waals surface area contributed by atoms with E-state index in [1.54, 1.807) is 0 Å². The maximum absolute atomic E-state index is 10.1. The van der Waals surface area contributed by atoms with E-state index in [0.717, 1.165) is 0 Å². The van der Waals surface area contributed by atoms with Crippen LogP contribution in [-0.2, 0) is 0 Å². The van der Waals surface area contributed by atoms with Crippen LogP contribution in [0, 0.1) is 0 Å². The Morgan fingerprint density at radius 3 is 1.32 bits per heavy atom. The van der Waals surface area contributed by atoms with Crippen LogP contribution in [0.1, 0.15) is 41.1 Å². The molecule has 0 saturated heterocycles. The van der Waals surface area contributed by atoms with Crippen molar-refractivity contribution in [3.8, 4) is 44.5 Å². The molecular formula is C50H30. The molecule has 0 amide bonds. The quantitative estimate of drug-likeness (QED) is 0.165. The molecule has 0 heterocycles. The Labute approximate surface area is 332 Å². The van der Waals surface area contributed by atoms with Gasteiger partial charge in [0.2, 0.25) is 0 Å². The van der Waals surface area contributed by atoms with Gasteiger partial charge in [0.15, 0.2) is 0 Å². The zero-order valence-corrected chi connectivity index (χ0v) is 25.0. The highest BCUT2D eigenvalue weighted by molar-refractivity contribution is 6.27. The van der Waals surface area contributed by atoms with E-state index in [-0.39, 0.29) is 16.2 Å². The standard InChI is InChI=1S/C50H30/c1-2-7-31(8-3-1)46-30-39(23-26-43(46)42-25-20-37-18-16-33-10-5-12-35-22-28-45(42)50(37)48(33)35)38-13-6-14-40(29-38)41-24-19-36-17-15-32-9-4-11-34-21-27-44(41)49(36)47(32)34/h1-30H/i1D,2D,3D,4D,5D,6D,7D,8D,9D,10D,11D,12D,13D,14D,15D,16D,17D,18D,19D,20D,21D,22D,23D,24D,25D,26D,27D,28D,29D,30D. The van der Waals surface area contributed by atoms with Gasteiger partial charge in [0.1, 0.15) is 0 Å². The highest BCUT2D eigenvalue weighted by atomic mass is 14.2. The van der Waals surface area contributed by atoms with E-state index in [9.17, 15) is 21.9 Å². The maximum Gasteiger partial charge on any atom is 0.0636 e. The molecule has 230 valence electrons. The predicted molar refractivity (Wildman–Crippen MR) is 216 cm³/mol. The monoisotopic (exact) mass is 660 g/mol. The third-order valence-electron chi connectivity index (χ3n) is 8.56. The Morgan fingerprint density at radius 1 is 0.240 bits per heavy atom. The van der Waals surface area contributed by atoms with Crippen molar-refractivity contribution in [2.45, 2.75) is 0 Å². The van der Waals surface area contributed by atoms with Crippen molar-refractivity contribution in [2.75, 3.05) is 0 Å². The largest absolute Gasteiger partial charge is 0.0636 e. The zero-order chi connectivity index (χ0) is 58.9. The maximum atomic E-state index is 10.1. The Morgan fingerprint density at radius 2 is 0.680 bits per heavy atom. The summed E-state index contributed by atoms with van der Waals surface area (Å²) in [5, 5.41) is -5.49. The molecule has 11 aromatic rings. The number of rotatable bonds is 4. The summed E-state index contributed by atoms with van der Waals surface area (Å²) in [6, 6.07) is -28.0. The first-order chi connectivity index (χ1) is 37.3. The SMILES string of the molecule is [2H]c1c([2H])c([2H])c(-c2c([2H])c(-c3c([2H])c([2H])c([2H])c(-c4c([2H])c([2H])c5c([2H])c([2H])c6c([2H])c([2H])c([2H])c7c([2H])c([2H])c4c5c67)c3[2H])c([2H])c([2H])c2-c2c([2H])c([2H])c3c([2H])c([2H])c4c([2H])c([2H])c([2H])c5c([2H])c([2H])c2c3c45)c([2H])c1[2H]. The Hall–Kier alpha value is -6.50. The molecule has 11 rings (SSSR count). The van der Waals surface area contributed by atoms with Gasteiger partial charge in [-0.15, -0.1) is 0 Å². The van der Waals surface area contributed by atoms with Crippen LogP contribution in [0.5, 0.6) is 0 Å². The van der Waals surface area contributed by atoms with Gasteiger partial charge in [0, 0.05) is 0 Å². The van der Waals surface area contributed by atoms with Crippen LogP contribution in [0.3, 0.4) is 0 Å². The van der Waals surface area contributed by atoms with E-state index in [1.807, 2.05) is 0 Å². The lowest BCUT2D eigenvalue weighted by atomic mass is 9.86. The van der Waals surface area contributed by atoms with Gasteiger partial charge >= 0.3 is 0 Å². The van der Waals surface area contributed by atoms with Crippen molar-refractivity contribution in [1.29, 1.82) is 0 Å². The van der Waals surface area contributed by atoms with Crippen LogP contribution in [0.2, 0.25) is 0 Å². The molecule has 0 aliphatic rings. The second-order valence-electron chi connectivity index (χ2n) is 11.2. The lowest BCUT2D eigenvalue weighted by molar-refractivity contribution is 1.57. The minimum atomic E-state index is -1.19. The lowest BCUT2D eigenvalue weighted by Crippen LogP contribution is -1.91. The van der Waals surface area contributed by atoms with Crippen LogP contribution in [-0.4, -0.2) is 0 Å². The number of benzene rings is 11. The van der Waals surface area contributed by atoms with Gasteiger partial charge in [0.25, 0.3) is 0 Å². The summed E-state index contributed by atoms with van der Waals surface area (Å²) in [6.45, 7) is 0. The number of hydrogen-bond donors (Lipinski definition) is 0. The molecule has 0 aliphatic heterocycles. The molecule has 0 N–H and O–H groups in total. The topological polar surface area (TPSA) is 0 Å². The van der Waals surface area contributed by atoms with Crippen LogP contribution >= 0.6 is 0 Å². The molecule has 50 heavy (non-hydrogen) atoms. The molecule has 0 nitrogen and oxygen atoms in total. The summed E-state index contributed by atoms with van der Waals surface area (Å²) in [6.07, 6.45) is 0. The third kappa shape index (κ3) is 4.00. The molecule has 0 aromatic heterocycles. The Kier molecular flexibility index (Phi) is 2.37. The van der Waals surface area contributed by atoms with Gasteiger partial charge in [-0.25, -0.2) is 0 Å². The van der Waals surface area contributed by atoms with Crippen molar-refractivity contribution >= 4 is 64.6 Å². The first kappa shape index (κ1) is 11.3. The second kappa shape index (κ2) is 10.5. The van der Waals surface area contributed by atoms with E-state index in [4.69, 9.17) is 19.2 Å². The van der Waals surface area contributed by atoms with Gasteiger partial charge in [-0.1, -0.05) is 169 Å². The lowest BCUT2D eigenvalue weighted by Gasteiger charge is -2.18. The summed E-state index contributed by atoms with van der Waals surface area (Å²) in [5.41, 5.74) is -7.19. The fourth-order valence-corrected chi connectivity index (χ4v) is 6.38.